The molecule has 2 aromatic carbocycles. The number of nitrogens with zero attached hydrogens (tertiary/aromatic N) is 5. The first kappa shape index (κ1) is 20.3. The molecule has 8 nitrogen and oxygen atoms in total. The number of hydrogen-bond acceptors (Lipinski definition) is 6. The maximum atomic E-state index is 13.1. The van der Waals surface area contributed by atoms with Crippen molar-refractivity contribution in [1.82, 2.24) is 9.80 Å². The smallest absolute Gasteiger partial charge is 0.270 e. The molecule has 0 saturated carbocycles. The fourth-order valence-electron chi connectivity index (χ4n) is 3.42. The summed E-state index contributed by atoms with van der Waals surface area (Å²) in [5.74, 6) is -0.185. The van der Waals surface area contributed by atoms with Crippen LogP contribution in [-0.2, 0) is 6.54 Å². The molecule has 0 spiro atoms. The minimum absolute atomic E-state index is 0.0848. The van der Waals surface area contributed by atoms with Gasteiger partial charge < -0.3 is 9.80 Å². The van der Waals surface area contributed by atoms with Gasteiger partial charge in [-0.05, 0) is 23.8 Å². The first-order valence-electron chi connectivity index (χ1n) is 9.35. The molecule has 2 aromatic rings. The molecule has 0 radical (unpaired) electrons. The van der Waals surface area contributed by atoms with E-state index >= 15 is 0 Å². The van der Waals surface area contributed by atoms with Gasteiger partial charge in [-0.1, -0.05) is 12.1 Å². The minimum atomic E-state index is -0.480. The predicted molar refractivity (Wildman–Crippen MR) is 110 cm³/mol. The van der Waals surface area contributed by atoms with E-state index in [0.717, 1.165) is 25.2 Å². The van der Waals surface area contributed by atoms with Gasteiger partial charge in [-0.2, -0.15) is 5.26 Å². The first-order valence-corrected chi connectivity index (χ1v) is 9.35. The summed E-state index contributed by atoms with van der Waals surface area (Å²) in [7, 11) is 3.63. The Hall–Kier alpha value is -3.44. The maximum absolute atomic E-state index is 13.1. The molecular formula is C21H23N5O3. The molecule has 0 aromatic heterocycles. The van der Waals surface area contributed by atoms with E-state index in [2.05, 4.69) is 11.0 Å². The molecule has 1 fully saturated rings. The van der Waals surface area contributed by atoms with E-state index in [9.17, 15) is 14.9 Å². The Kier molecular flexibility index (Phi) is 6.10. The second-order valence-corrected chi connectivity index (χ2v) is 7.23. The lowest BCUT2D eigenvalue weighted by Crippen LogP contribution is -2.48. The Bertz CT molecular complexity index is 942. The summed E-state index contributed by atoms with van der Waals surface area (Å²) in [6.07, 6.45) is 0. The summed E-state index contributed by atoms with van der Waals surface area (Å²) in [5.41, 5.74) is 2.69. The highest BCUT2D eigenvalue weighted by molar-refractivity contribution is 6.00. The molecule has 29 heavy (non-hydrogen) atoms. The zero-order valence-electron chi connectivity index (χ0n) is 16.5. The molecule has 0 atom stereocenters. The minimum Gasteiger partial charge on any atom is -0.377 e. The van der Waals surface area contributed by atoms with Crippen molar-refractivity contribution in [2.24, 2.45) is 0 Å². The van der Waals surface area contributed by atoms with Crippen molar-refractivity contribution < 1.29 is 9.72 Å². The monoisotopic (exact) mass is 393 g/mol. The Morgan fingerprint density at radius 2 is 1.79 bits per heavy atom. The number of benzene rings is 2. The van der Waals surface area contributed by atoms with E-state index in [0.29, 0.717) is 29.9 Å². The van der Waals surface area contributed by atoms with Crippen LogP contribution in [0.5, 0.6) is 0 Å². The van der Waals surface area contributed by atoms with E-state index in [1.807, 2.05) is 26.2 Å². The van der Waals surface area contributed by atoms with Crippen molar-refractivity contribution >= 4 is 17.3 Å². The fourth-order valence-corrected chi connectivity index (χ4v) is 3.42. The average molecular weight is 393 g/mol. The molecule has 1 aliphatic heterocycles. The average Bonchev–Trinajstić information content (AvgIpc) is 2.73. The molecular weight excluding hydrogens is 370 g/mol. The van der Waals surface area contributed by atoms with Crippen LogP contribution in [0, 0.1) is 21.4 Å². The van der Waals surface area contributed by atoms with Crippen molar-refractivity contribution in [3.63, 3.8) is 0 Å². The van der Waals surface area contributed by atoms with E-state index in [-0.39, 0.29) is 11.6 Å². The van der Waals surface area contributed by atoms with Gasteiger partial charge in [0.15, 0.2) is 0 Å². The summed E-state index contributed by atoms with van der Waals surface area (Å²) in [6, 6.07) is 14.0. The van der Waals surface area contributed by atoms with Crippen LogP contribution in [0.15, 0.2) is 42.5 Å². The Balaban J connectivity index is 1.67. The van der Waals surface area contributed by atoms with E-state index in [1.54, 1.807) is 28.0 Å². The Labute approximate surface area is 169 Å². The lowest BCUT2D eigenvalue weighted by Gasteiger charge is -2.35. The van der Waals surface area contributed by atoms with Gasteiger partial charge in [0, 0.05) is 64.6 Å². The largest absolute Gasteiger partial charge is 0.377 e. The number of carbonyl (C=O) groups excluding carboxylic acids is 1. The number of amides is 1. The normalized spacial score (nSPS) is 14.3. The first-order chi connectivity index (χ1) is 13.9. The van der Waals surface area contributed by atoms with E-state index in [1.165, 1.54) is 12.1 Å². The van der Waals surface area contributed by atoms with Gasteiger partial charge in [0.05, 0.1) is 22.1 Å². The molecule has 0 N–H and O–H groups in total. The molecule has 0 unspecified atom stereocenters. The molecule has 0 bridgehead atoms. The third kappa shape index (κ3) is 4.70. The molecule has 0 aliphatic carbocycles. The van der Waals surface area contributed by atoms with Crippen LogP contribution >= 0.6 is 0 Å². The summed E-state index contributed by atoms with van der Waals surface area (Å²) < 4.78 is 0. The molecule has 1 saturated heterocycles. The molecule has 150 valence electrons. The van der Waals surface area contributed by atoms with Crippen LogP contribution in [0.25, 0.3) is 0 Å². The van der Waals surface area contributed by atoms with Crippen LogP contribution in [0.3, 0.4) is 0 Å². The number of nitriles is 1. The lowest BCUT2D eigenvalue weighted by atomic mass is 10.1. The van der Waals surface area contributed by atoms with Crippen LogP contribution < -0.4 is 4.90 Å². The van der Waals surface area contributed by atoms with Crippen molar-refractivity contribution in [3.05, 3.63) is 69.3 Å². The summed E-state index contributed by atoms with van der Waals surface area (Å²) in [5, 5.41) is 20.0. The number of anilines is 1. The quantitative estimate of drug-likeness (QED) is 0.572. The van der Waals surface area contributed by atoms with Crippen molar-refractivity contribution in [3.8, 4) is 6.07 Å². The fraction of sp³-hybridized carbons (Fsp3) is 0.333. The SMILES string of the molecule is CN(C)c1ccc([N+](=O)[O-])cc1C(=O)N1CCN(Cc2ccc(C#N)cc2)CC1. The van der Waals surface area contributed by atoms with Crippen molar-refractivity contribution in [1.29, 1.82) is 5.26 Å². The lowest BCUT2D eigenvalue weighted by molar-refractivity contribution is -0.384. The van der Waals surface area contributed by atoms with Crippen molar-refractivity contribution in [2.45, 2.75) is 6.54 Å². The zero-order chi connectivity index (χ0) is 21.0. The zero-order valence-corrected chi connectivity index (χ0v) is 16.5. The summed E-state index contributed by atoms with van der Waals surface area (Å²) >= 11 is 0. The van der Waals surface area contributed by atoms with Crippen LogP contribution in [0.1, 0.15) is 21.5 Å². The highest BCUT2D eigenvalue weighted by Gasteiger charge is 2.26. The Morgan fingerprint density at radius 1 is 1.14 bits per heavy atom. The molecule has 8 heteroatoms. The molecule has 1 heterocycles. The second-order valence-electron chi connectivity index (χ2n) is 7.23. The van der Waals surface area contributed by atoms with Crippen LogP contribution in [0.2, 0.25) is 0 Å². The van der Waals surface area contributed by atoms with Gasteiger partial charge >= 0.3 is 0 Å². The van der Waals surface area contributed by atoms with Gasteiger partial charge in [-0.25, -0.2) is 0 Å². The van der Waals surface area contributed by atoms with Gasteiger partial charge in [0.1, 0.15) is 0 Å². The van der Waals surface area contributed by atoms with Gasteiger partial charge in [-0.3, -0.25) is 19.8 Å². The predicted octanol–water partition coefficient (Wildman–Crippen LogP) is 2.49. The highest BCUT2D eigenvalue weighted by Crippen LogP contribution is 2.26. The third-order valence-electron chi connectivity index (χ3n) is 5.05. The number of hydrogen-bond donors (Lipinski definition) is 0. The van der Waals surface area contributed by atoms with Crippen LogP contribution in [0.4, 0.5) is 11.4 Å². The number of piperazine rings is 1. The van der Waals surface area contributed by atoms with Gasteiger partial charge in [-0.15, -0.1) is 0 Å². The molecule has 3 rings (SSSR count). The number of non-ortho nitro benzene ring substituents is 1. The van der Waals surface area contributed by atoms with E-state index in [4.69, 9.17) is 5.26 Å². The topological polar surface area (TPSA) is 93.7 Å². The highest BCUT2D eigenvalue weighted by atomic mass is 16.6. The number of nitro groups is 1. The number of rotatable bonds is 5. The number of carbonyl (C=O) groups is 1. The summed E-state index contributed by atoms with van der Waals surface area (Å²) in [4.78, 5) is 29.5. The second kappa shape index (κ2) is 8.71. The van der Waals surface area contributed by atoms with Gasteiger partial charge in [0.2, 0.25) is 0 Å². The third-order valence-corrected chi connectivity index (χ3v) is 5.05. The standard InChI is InChI=1S/C21H23N5O3/c1-23(2)20-8-7-18(26(28)29)13-19(20)21(27)25-11-9-24(10-12-25)15-17-5-3-16(14-22)4-6-17/h3-8,13H,9-12,15H2,1-2H3. The Morgan fingerprint density at radius 3 is 2.34 bits per heavy atom. The number of nitro benzene ring substituents is 1. The van der Waals surface area contributed by atoms with Gasteiger partial charge in [0.25, 0.3) is 11.6 Å². The molecule has 1 amide bonds. The summed E-state index contributed by atoms with van der Waals surface area (Å²) in [6.45, 7) is 3.32. The van der Waals surface area contributed by atoms with E-state index < -0.39 is 4.92 Å². The van der Waals surface area contributed by atoms with Crippen molar-refractivity contribution in [2.75, 3.05) is 45.2 Å². The maximum Gasteiger partial charge on any atom is 0.270 e. The van der Waals surface area contributed by atoms with Crippen LogP contribution in [-0.4, -0.2) is 60.9 Å². The molecule has 1 aliphatic rings.